The highest BCUT2D eigenvalue weighted by molar-refractivity contribution is 7.93. The molecule has 0 bridgehead atoms. The zero-order chi connectivity index (χ0) is 20.1. The number of benzene rings is 1. The minimum Gasteiger partial charge on any atom is -0.494 e. The van der Waals surface area contributed by atoms with Crippen LogP contribution in [0.2, 0.25) is 0 Å². The second-order valence-corrected chi connectivity index (χ2v) is 8.25. The number of carbonyl (C=O) groups is 1. The van der Waals surface area contributed by atoms with Crippen LogP contribution in [0, 0.1) is 0 Å². The first-order valence-electron chi connectivity index (χ1n) is 8.31. The van der Waals surface area contributed by atoms with Crippen LogP contribution in [0.25, 0.3) is 0 Å². The van der Waals surface area contributed by atoms with Gasteiger partial charge in [0.25, 0.3) is 10.0 Å². The highest BCUT2D eigenvalue weighted by atomic mass is 32.2. The fraction of sp³-hybridized carbons (Fsp3) is 0.353. The van der Waals surface area contributed by atoms with E-state index in [1.54, 1.807) is 12.1 Å². The first-order valence-corrected chi connectivity index (χ1v) is 10.7. The third-order valence-corrected chi connectivity index (χ3v) is 6.34. The van der Waals surface area contributed by atoms with Gasteiger partial charge in [0.05, 0.1) is 33.1 Å². The number of anilines is 2. The van der Waals surface area contributed by atoms with Crippen LogP contribution < -0.4 is 19.1 Å². The molecule has 0 amide bonds. The van der Waals surface area contributed by atoms with E-state index in [4.69, 9.17) is 14.2 Å². The lowest BCUT2D eigenvalue weighted by Gasteiger charge is -2.29. The molecule has 0 spiro atoms. The van der Waals surface area contributed by atoms with Crippen LogP contribution in [0.3, 0.4) is 0 Å². The van der Waals surface area contributed by atoms with Crippen LogP contribution in [-0.2, 0) is 19.5 Å². The Hall–Kier alpha value is -2.50. The lowest BCUT2D eigenvalue weighted by atomic mass is 10.2. The lowest BCUT2D eigenvalue weighted by Crippen LogP contribution is -2.36. The number of nitrogens with zero attached hydrogens (tertiary/aromatic N) is 1. The minimum atomic E-state index is -4.01. The monoisotopic (exact) mass is 428 g/mol. The third-order valence-electron chi connectivity index (χ3n) is 4.03. The fourth-order valence-corrected chi connectivity index (χ4v) is 4.92. The molecule has 1 N–H and O–H groups in total. The number of sulfonamides is 1. The van der Waals surface area contributed by atoms with Gasteiger partial charge in [0, 0.05) is 24.8 Å². The van der Waals surface area contributed by atoms with Crippen molar-refractivity contribution in [2.75, 3.05) is 50.1 Å². The molecule has 0 aliphatic carbocycles. The number of nitrogens with one attached hydrogen (secondary N) is 1. The molecule has 152 valence electrons. The lowest BCUT2D eigenvalue weighted by molar-refractivity contribution is 0.122. The summed E-state index contributed by atoms with van der Waals surface area (Å²) in [7, 11) is -1.40. The van der Waals surface area contributed by atoms with Gasteiger partial charge in [-0.2, -0.15) is 0 Å². The van der Waals surface area contributed by atoms with Crippen LogP contribution in [-0.4, -0.2) is 55.1 Å². The van der Waals surface area contributed by atoms with Crippen LogP contribution >= 0.6 is 11.3 Å². The second-order valence-electron chi connectivity index (χ2n) is 5.72. The number of methoxy groups -OCH3 is 2. The van der Waals surface area contributed by atoms with Crippen LogP contribution in [0.1, 0.15) is 0 Å². The Morgan fingerprint density at radius 3 is 2.64 bits per heavy atom. The molecule has 0 saturated carbocycles. The van der Waals surface area contributed by atoms with Gasteiger partial charge < -0.3 is 23.8 Å². The van der Waals surface area contributed by atoms with Crippen molar-refractivity contribution >= 4 is 38.9 Å². The van der Waals surface area contributed by atoms with Gasteiger partial charge in [-0.25, -0.2) is 13.2 Å². The first-order chi connectivity index (χ1) is 13.4. The van der Waals surface area contributed by atoms with Crippen LogP contribution in [0.5, 0.6) is 10.8 Å². The predicted molar refractivity (Wildman–Crippen MR) is 104 cm³/mol. The maximum Gasteiger partial charge on any atom is 0.514 e. The van der Waals surface area contributed by atoms with E-state index in [9.17, 15) is 13.2 Å². The molecular weight excluding hydrogens is 408 g/mol. The summed E-state index contributed by atoms with van der Waals surface area (Å²) in [5, 5.41) is 1.43. The van der Waals surface area contributed by atoms with Crippen molar-refractivity contribution in [3.8, 4) is 10.8 Å². The van der Waals surface area contributed by atoms with E-state index in [1.165, 1.54) is 18.6 Å². The molecule has 1 aliphatic rings. The van der Waals surface area contributed by atoms with Gasteiger partial charge in [-0.3, -0.25) is 4.72 Å². The van der Waals surface area contributed by atoms with E-state index in [1.807, 2.05) is 6.07 Å². The molecule has 2 aromatic rings. The highest BCUT2D eigenvalue weighted by Gasteiger charge is 2.25. The van der Waals surface area contributed by atoms with Crippen molar-refractivity contribution in [2.24, 2.45) is 0 Å². The van der Waals surface area contributed by atoms with Crippen molar-refractivity contribution in [1.82, 2.24) is 0 Å². The highest BCUT2D eigenvalue weighted by Crippen LogP contribution is 2.35. The van der Waals surface area contributed by atoms with E-state index >= 15 is 0 Å². The van der Waals surface area contributed by atoms with Gasteiger partial charge in [0.1, 0.15) is 10.6 Å². The van der Waals surface area contributed by atoms with Crippen molar-refractivity contribution in [2.45, 2.75) is 4.90 Å². The van der Waals surface area contributed by atoms with E-state index < -0.39 is 16.2 Å². The van der Waals surface area contributed by atoms with Gasteiger partial charge in [-0.05, 0) is 23.6 Å². The normalized spacial score (nSPS) is 14.4. The maximum atomic E-state index is 12.8. The van der Waals surface area contributed by atoms with Crippen LogP contribution in [0.4, 0.5) is 16.2 Å². The smallest absolute Gasteiger partial charge is 0.494 e. The van der Waals surface area contributed by atoms with Gasteiger partial charge >= 0.3 is 6.16 Å². The first kappa shape index (κ1) is 20.2. The molecule has 28 heavy (non-hydrogen) atoms. The molecule has 11 heteroatoms. The van der Waals surface area contributed by atoms with Crippen molar-refractivity contribution in [1.29, 1.82) is 0 Å². The molecule has 1 fully saturated rings. The molecule has 1 saturated heterocycles. The summed E-state index contributed by atoms with van der Waals surface area (Å²) in [6, 6.07) is 6.56. The maximum absolute atomic E-state index is 12.8. The number of hydrogen-bond acceptors (Lipinski definition) is 9. The zero-order valence-electron chi connectivity index (χ0n) is 15.3. The third kappa shape index (κ3) is 4.49. The summed E-state index contributed by atoms with van der Waals surface area (Å²) in [6.07, 6.45) is -0.994. The van der Waals surface area contributed by atoms with Gasteiger partial charge in [-0.15, -0.1) is 11.3 Å². The van der Waals surface area contributed by atoms with E-state index in [0.717, 1.165) is 37.2 Å². The molecule has 9 nitrogen and oxygen atoms in total. The quantitative estimate of drug-likeness (QED) is 0.700. The number of hydrogen-bond donors (Lipinski definition) is 1. The Morgan fingerprint density at radius 1 is 1.21 bits per heavy atom. The number of carbonyl (C=O) groups excluding carboxylic acids is 1. The Balaban J connectivity index is 1.84. The number of rotatable bonds is 6. The average Bonchev–Trinajstić information content (AvgIpc) is 3.17. The number of ether oxygens (including phenoxy) is 4. The van der Waals surface area contributed by atoms with Gasteiger partial charge in [0.2, 0.25) is 5.06 Å². The molecule has 0 unspecified atom stereocenters. The van der Waals surface area contributed by atoms with Crippen LogP contribution in [0.15, 0.2) is 34.5 Å². The molecule has 1 aromatic carbocycles. The number of morpholine rings is 1. The molecule has 3 rings (SSSR count). The summed E-state index contributed by atoms with van der Waals surface area (Å²) < 4.78 is 48.1. The summed E-state index contributed by atoms with van der Waals surface area (Å²) in [5.74, 6) is 0.373. The fourth-order valence-electron chi connectivity index (χ4n) is 2.66. The largest absolute Gasteiger partial charge is 0.514 e. The summed E-state index contributed by atoms with van der Waals surface area (Å²) in [4.78, 5) is 13.3. The molecule has 1 aromatic heterocycles. The topological polar surface area (TPSA) is 103 Å². The van der Waals surface area contributed by atoms with Crippen molar-refractivity contribution in [3.63, 3.8) is 0 Å². The minimum absolute atomic E-state index is 0.0803. The van der Waals surface area contributed by atoms with Crippen molar-refractivity contribution in [3.05, 3.63) is 29.6 Å². The van der Waals surface area contributed by atoms with Crippen molar-refractivity contribution < 1.29 is 32.2 Å². The van der Waals surface area contributed by atoms with E-state index in [-0.39, 0.29) is 15.6 Å². The summed E-state index contributed by atoms with van der Waals surface area (Å²) >= 11 is 0.970. The molecule has 0 atom stereocenters. The Bertz CT molecular complexity index is 937. The standard InChI is InChI=1S/C17H20N2O7S2/c1-23-14-11-12(19-6-8-25-9-7-19)3-4-13(14)18-28(21,22)15-5-10-27-16(15)26-17(20)24-2/h3-5,10-11,18H,6-9H2,1-2H3. The van der Waals surface area contributed by atoms with Gasteiger partial charge in [0.15, 0.2) is 0 Å². The Kier molecular flexibility index (Phi) is 6.27. The average molecular weight is 428 g/mol. The Labute approximate surface area is 166 Å². The SMILES string of the molecule is COC(=O)Oc1sccc1S(=O)(=O)Nc1ccc(N2CCOCC2)cc1OC. The summed E-state index contributed by atoms with van der Waals surface area (Å²) in [6.45, 7) is 2.77. The second kappa shape index (κ2) is 8.67. The summed E-state index contributed by atoms with van der Waals surface area (Å²) in [5.41, 5.74) is 1.18. The molecule has 0 radical (unpaired) electrons. The number of thiophene rings is 1. The molecular formula is C17H20N2O7S2. The molecule has 1 aliphatic heterocycles. The van der Waals surface area contributed by atoms with Gasteiger partial charge in [-0.1, -0.05) is 0 Å². The van der Waals surface area contributed by atoms with E-state index in [0.29, 0.717) is 19.0 Å². The predicted octanol–water partition coefficient (Wildman–Crippen LogP) is 2.54. The zero-order valence-corrected chi connectivity index (χ0v) is 17.0. The molecule has 2 heterocycles. The van der Waals surface area contributed by atoms with E-state index in [2.05, 4.69) is 14.4 Å². The Morgan fingerprint density at radius 2 is 1.96 bits per heavy atom.